The van der Waals surface area contributed by atoms with E-state index in [1.54, 1.807) is 0 Å². The van der Waals surface area contributed by atoms with E-state index in [9.17, 15) is 9.90 Å². The average molecular weight is 421 g/mol. The number of hydrogen-bond acceptors (Lipinski definition) is 4. The summed E-state index contributed by atoms with van der Waals surface area (Å²) in [5.74, 6) is 0.911. The predicted molar refractivity (Wildman–Crippen MR) is 121 cm³/mol. The lowest BCUT2D eigenvalue weighted by Crippen LogP contribution is -2.44. The zero-order valence-corrected chi connectivity index (χ0v) is 20.6. The maximum absolute atomic E-state index is 12.2. The van der Waals surface area contributed by atoms with Crippen LogP contribution in [-0.2, 0) is 16.0 Å². The number of ether oxygens (including phenoxy) is 1. The fourth-order valence-electron chi connectivity index (χ4n) is 3.48. The van der Waals surface area contributed by atoms with Gasteiger partial charge in [-0.25, -0.2) is 4.79 Å². The summed E-state index contributed by atoms with van der Waals surface area (Å²) in [7, 11) is -1.95. The SMILES string of the molecule is CC(C)(C)OC(=O)C(O)Cc1ccc(O[Si](C)(C)C(C)(C)C)c(C2CCCC2)c1. The molecule has 1 aromatic carbocycles. The highest BCUT2D eigenvalue weighted by molar-refractivity contribution is 6.74. The highest BCUT2D eigenvalue weighted by atomic mass is 28.4. The van der Waals surface area contributed by atoms with Crippen LogP contribution in [0.2, 0.25) is 18.1 Å². The van der Waals surface area contributed by atoms with Crippen molar-refractivity contribution in [2.24, 2.45) is 0 Å². The summed E-state index contributed by atoms with van der Waals surface area (Å²) < 4.78 is 12.0. The molecule has 4 nitrogen and oxygen atoms in total. The standard InChI is InChI=1S/C24H40O4Si/c1-23(2,3)27-22(26)20(25)16-17-13-14-21(28-29(7,8)24(4,5)6)19(15-17)18-11-9-10-12-18/h13-15,18,20,25H,9-12,16H2,1-8H3. The van der Waals surface area contributed by atoms with Gasteiger partial charge in [0.1, 0.15) is 11.4 Å². The lowest BCUT2D eigenvalue weighted by atomic mass is 9.93. The number of rotatable bonds is 6. The van der Waals surface area contributed by atoms with Crippen molar-refractivity contribution in [3.05, 3.63) is 29.3 Å². The first-order chi connectivity index (χ1) is 13.2. The first-order valence-corrected chi connectivity index (χ1v) is 13.8. The van der Waals surface area contributed by atoms with Gasteiger partial charge >= 0.3 is 5.97 Å². The maximum Gasteiger partial charge on any atom is 0.335 e. The third-order valence-corrected chi connectivity index (χ3v) is 10.5. The first kappa shape index (κ1) is 23.9. The van der Waals surface area contributed by atoms with Crippen LogP contribution >= 0.6 is 0 Å². The predicted octanol–water partition coefficient (Wildman–Crippen LogP) is 5.97. The molecule has 0 bridgehead atoms. The molecule has 29 heavy (non-hydrogen) atoms. The van der Waals surface area contributed by atoms with E-state index in [1.807, 2.05) is 32.9 Å². The van der Waals surface area contributed by atoms with Crippen LogP contribution in [-0.4, -0.2) is 31.1 Å². The van der Waals surface area contributed by atoms with Crippen molar-refractivity contribution in [3.8, 4) is 5.75 Å². The molecule has 0 aromatic heterocycles. The minimum atomic E-state index is -1.95. The van der Waals surface area contributed by atoms with Gasteiger partial charge < -0.3 is 14.3 Å². The van der Waals surface area contributed by atoms with E-state index < -0.39 is 26.0 Å². The zero-order valence-electron chi connectivity index (χ0n) is 19.6. The smallest absolute Gasteiger partial charge is 0.335 e. The summed E-state index contributed by atoms with van der Waals surface area (Å²) in [4.78, 5) is 12.2. The van der Waals surface area contributed by atoms with Crippen molar-refractivity contribution in [3.63, 3.8) is 0 Å². The van der Waals surface area contributed by atoms with Gasteiger partial charge in [-0.15, -0.1) is 0 Å². The molecular weight excluding hydrogens is 380 g/mol. The number of aliphatic hydroxyl groups is 1. The van der Waals surface area contributed by atoms with Crippen molar-refractivity contribution in [2.75, 3.05) is 0 Å². The summed E-state index contributed by atoms with van der Waals surface area (Å²) in [5.41, 5.74) is 1.59. The van der Waals surface area contributed by atoms with Gasteiger partial charge in [0.25, 0.3) is 0 Å². The Hall–Kier alpha value is -1.33. The number of carbonyl (C=O) groups excluding carboxylic acids is 1. The van der Waals surface area contributed by atoms with Gasteiger partial charge in [-0.1, -0.05) is 45.7 Å². The number of aliphatic hydroxyl groups excluding tert-OH is 1. The monoisotopic (exact) mass is 420 g/mol. The normalized spacial score (nSPS) is 17.3. The fourth-order valence-corrected chi connectivity index (χ4v) is 4.52. The Morgan fingerprint density at radius 2 is 1.72 bits per heavy atom. The van der Waals surface area contributed by atoms with Crippen molar-refractivity contribution in [2.45, 2.75) is 109 Å². The molecule has 1 saturated carbocycles. The Bertz CT molecular complexity index is 707. The molecule has 0 heterocycles. The molecule has 0 saturated heterocycles. The second kappa shape index (κ2) is 8.81. The molecule has 0 amide bonds. The van der Waals surface area contributed by atoms with Crippen molar-refractivity contribution in [1.82, 2.24) is 0 Å². The van der Waals surface area contributed by atoms with Gasteiger partial charge in [-0.3, -0.25) is 0 Å². The molecule has 1 aliphatic carbocycles. The molecule has 2 rings (SSSR count). The zero-order chi connectivity index (χ0) is 22.0. The number of benzene rings is 1. The van der Waals surface area contributed by atoms with Crippen LogP contribution in [0.25, 0.3) is 0 Å². The molecule has 5 heteroatoms. The van der Waals surface area contributed by atoms with Gasteiger partial charge in [0.05, 0.1) is 0 Å². The number of esters is 1. The summed E-state index contributed by atoms with van der Waals surface area (Å²) in [6.45, 7) is 16.7. The first-order valence-electron chi connectivity index (χ1n) is 10.9. The molecule has 1 fully saturated rings. The van der Waals surface area contributed by atoms with Gasteiger partial charge in [-0.2, -0.15) is 0 Å². The third kappa shape index (κ3) is 6.58. The molecule has 164 valence electrons. The topological polar surface area (TPSA) is 55.8 Å². The molecule has 1 unspecified atom stereocenters. The fraction of sp³-hybridized carbons (Fsp3) is 0.708. The van der Waals surface area contributed by atoms with Crippen LogP contribution in [0.3, 0.4) is 0 Å². The van der Waals surface area contributed by atoms with E-state index in [4.69, 9.17) is 9.16 Å². The Labute approximate surface area is 178 Å². The van der Waals surface area contributed by atoms with Crippen LogP contribution in [0.15, 0.2) is 18.2 Å². The van der Waals surface area contributed by atoms with Crippen molar-refractivity contribution >= 4 is 14.3 Å². The van der Waals surface area contributed by atoms with Crippen LogP contribution in [0, 0.1) is 0 Å². The van der Waals surface area contributed by atoms with E-state index in [2.05, 4.69) is 39.9 Å². The Kier molecular flexibility index (Phi) is 7.27. The Balaban J connectivity index is 2.26. The van der Waals surface area contributed by atoms with E-state index in [0.29, 0.717) is 5.92 Å². The second-order valence-corrected chi connectivity index (χ2v) is 15.7. The molecular formula is C24H40O4Si. The molecule has 0 aliphatic heterocycles. The summed E-state index contributed by atoms with van der Waals surface area (Å²) in [6.07, 6.45) is 3.94. The molecule has 1 N–H and O–H groups in total. The third-order valence-electron chi connectivity index (χ3n) is 6.15. The summed E-state index contributed by atoms with van der Waals surface area (Å²) in [6, 6.07) is 6.17. The van der Waals surface area contributed by atoms with Gasteiger partial charge in [-0.05, 0) is 74.9 Å². The van der Waals surface area contributed by atoms with Crippen molar-refractivity contribution in [1.29, 1.82) is 0 Å². The Morgan fingerprint density at radius 3 is 2.24 bits per heavy atom. The van der Waals surface area contributed by atoms with Crippen LogP contribution in [0.5, 0.6) is 5.75 Å². The largest absolute Gasteiger partial charge is 0.543 e. The van der Waals surface area contributed by atoms with Crippen LogP contribution in [0.4, 0.5) is 0 Å². The van der Waals surface area contributed by atoms with E-state index in [0.717, 1.165) is 11.3 Å². The highest BCUT2D eigenvalue weighted by Crippen LogP contribution is 2.43. The molecule has 1 aromatic rings. The van der Waals surface area contributed by atoms with Crippen LogP contribution in [0.1, 0.15) is 84.3 Å². The van der Waals surface area contributed by atoms with Crippen LogP contribution < -0.4 is 4.43 Å². The minimum absolute atomic E-state index is 0.130. The minimum Gasteiger partial charge on any atom is -0.543 e. The van der Waals surface area contributed by atoms with E-state index >= 15 is 0 Å². The lowest BCUT2D eigenvalue weighted by Gasteiger charge is -2.37. The molecule has 1 atom stereocenters. The molecule has 0 spiro atoms. The summed E-state index contributed by atoms with van der Waals surface area (Å²) in [5, 5.41) is 10.5. The van der Waals surface area contributed by atoms with Gasteiger partial charge in [0, 0.05) is 6.42 Å². The average Bonchev–Trinajstić information content (AvgIpc) is 3.07. The number of hydrogen-bond donors (Lipinski definition) is 1. The Morgan fingerprint density at radius 1 is 1.14 bits per heavy atom. The van der Waals surface area contributed by atoms with Gasteiger partial charge in [0.15, 0.2) is 6.10 Å². The maximum atomic E-state index is 12.2. The summed E-state index contributed by atoms with van der Waals surface area (Å²) >= 11 is 0. The lowest BCUT2D eigenvalue weighted by molar-refractivity contribution is -0.164. The quantitative estimate of drug-likeness (QED) is 0.455. The second-order valence-electron chi connectivity index (χ2n) is 11.0. The van der Waals surface area contributed by atoms with E-state index in [-0.39, 0.29) is 11.5 Å². The van der Waals surface area contributed by atoms with Crippen molar-refractivity contribution < 1.29 is 19.1 Å². The molecule has 1 aliphatic rings. The molecule has 0 radical (unpaired) electrons. The highest BCUT2D eigenvalue weighted by Gasteiger charge is 2.39. The van der Waals surface area contributed by atoms with Gasteiger partial charge in [0.2, 0.25) is 8.32 Å². The van der Waals surface area contributed by atoms with E-state index in [1.165, 1.54) is 31.2 Å². The number of carbonyl (C=O) groups is 1.